The Morgan fingerprint density at radius 3 is 2.64 bits per heavy atom. The minimum Gasteiger partial charge on any atom is -0.325 e. The van der Waals surface area contributed by atoms with Crippen molar-refractivity contribution in [3.8, 4) is 0 Å². The highest BCUT2D eigenvalue weighted by molar-refractivity contribution is 9.10. The highest BCUT2D eigenvalue weighted by atomic mass is 79.9. The Kier molecular flexibility index (Phi) is 6.62. The first-order valence-electron chi connectivity index (χ1n) is 7.46. The summed E-state index contributed by atoms with van der Waals surface area (Å²) in [5.74, 6) is -0.0181. The zero-order chi connectivity index (χ0) is 15.8. The zero-order valence-corrected chi connectivity index (χ0v) is 14.3. The molecule has 4 heteroatoms. The first-order valence-corrected chi connectivity index (χ1v) is 8.25. The fourth-order valence-corrected chi connectivity index (χ4v) is 2.52. The van der Waals surface area contributed by atoms with Crippen molar-refractivity contribution in [2.75, 3.05) is 18.4 Å². The van der Waals surface area contributed by atoms with E-state index >= 15 is 0 Å². The number of hydrogen-bond acceptors (Lipinski definition) is 2. The maximum absolute atomic E-state index is 11.9. The molecular weight excluding hydrogens is 340 g/mol. The van der Waals surface area contributed by atoms with Crippen molar-refractivity contribution in [1.29, 1.82) is 0 Å². The first kappa shape index (κ1) is 16.7. The average Bonchev–Trinajstić information content (AvgIpc) is 2.52. The van der Waals surface area contributed by atoms with Crippen LogP contribution in [0.15, 0.2) is 53.0 Å². The summed E-state index contributed by atoms with van der Waals surface area (Å²) in [6, 6.07) is 16.2. The van der Waals surface area contributed by atoms with Crippen LogP contribution in [-0.4, -0.2) is 19.0 Å². The van der Waals surface area contributed by atoms with Crippen LogP contribution in [0.25, 0.3) is 0 Å². The van der Waals surface area contributed by atoms with Crippen molar-refractivity contribution in [1.82, 2.24) is 5.32 Å². The maximum Gasteiger partial charge on any atom is 0.238 e. The van der Waals surface area contributed by atoms with Gasteiger partial charge >= 0.3 is 0 Å². The number of nitrogens with one attached hydrogen (secondary N) is 2. The molecule has 0 saturated carbocycles. The van der Waals surface area contributed by atoms with Gasteiger partial charge in [-0.1, -0.05) is 52.3 Å². The number of rotatable bonds is 7. The molecule has 0 aliphatic carbocycles. The highest BCUT2D eigenvalue weighted by Crippen LogP contribution is 2.20. The number of hydrogen-bond donors (Lipinski definition) is 2. The van der Waals surface area contributed by atoms with Crippen molar-refractivity contribution < 1.29 is 4.79 Å². The summed E-state index contributed by atoms with van der Waals surface area (Å²) in [6.07, 6.45) is 2.05. The summed E-state index contributed by atoms with van der Waals surface area (Å²) >= 11 is 3.46. The van der Waals surface area contributed by atoms with Crippen molar-refractivity contribution in [2.24, 2.45) is 0 Å². The van der Waals surface area contributed by atoms with E-state index in [0.717, 1.165) is 35.1 Å². The summed E-state index contributed by atoms with van der Waals surface area (Å²) in [6.45, 7) is 3.18. The Hall–Kier alpha value is -1.65. The van der Waals surface area contributed by atoms with E-state index in [-0.39, 0.29) is 5.91 Å². The molecule has 0 aromatic heterocycles. The number of carbonyl (C=O) groups excluding carboxylic acids is 1. The largest absolute Gasteiger partial charge is 0.325 e. The van der Waals surface area contributed by atoms with Crippen molar-refractivity contribution in [2.45, 2.75) is 19.8 Å². The minimum atomic E-state index is -0.0181. The van der Waals surface area contributed by atoms with Crippen LogP contribution in [-0.2, 0) is 11.2 Å². The molecule has 0 heterocycles. The summed E-state index contributed by atoms with van der Waals surface area (Å²) in [4.78, 5) is 11.9. The molecule has 0 bridgehead atoms. The molecule has 116 valence electrons. The van der Waals surface area contributed by atoms with Gasteiger partial charge in [0.2, 0.25) is 5.91 Å². The third-order valence-corrected chi connectivity index (χ3v) is 4.26. The van der Waals surface area contributed by atoms with E-state index in [1.807, 2.05) is 31.2 Å². The number of aryl methyl sites for hydroxylation is 2. The fraction of sp³-hybridized carbons (Fsp3) is 0.278. The molecular formula is C18H21BrN2O. The van der Waals surface area contributed by atoms with Gasteiger partial charge in [-0.25, -0.2) is 0 Å². The standard InChI is InChI=1S/C18H21BrN2O/c1-14-9-10-16(12-17(14)19)21-18(22)13-20-11-5-8-15-6-3-2-4-7-15/h2-4,6-7,9-10,12,20H,5,8,11,13H2,1H3,(H,21,22). The molecule has 2 N–H and O–H groups in total. The lowest BCUT2D eigenvalue weighted by atomic mass is 10.1. The monoisotopic (exact) mass is 360 g/mol. The molecule has 0 aliphatic heterocycles. The van der Waals surface area contributed by atoms with E-state index in [1.54, 1.807) is 0 Å². The molecule has 3 nitrogen and oxygen atoms in total. The number of amides is 1. The highest BCUT2D eigenvalue weighted by Gasteiger charge is 2.03. The molecule has 2 aromatic carbocycles. The van der Waals surface area contributed by atoms with Crippen LogP contribution < -0.4 is 10.6 Å². The summed E-state index contributed by atoms with van der Waals surface area (Å²) in [5.41, 5.74) is 3.30. The predicted octanol–water partition coefficient (Wildman–Crippen LogP) is 3.92. The smallest absolute Gasteiger partial charge is 0.238 e. The molecule has 1 amide bonds. The molecule has 0 radical (unpaired) electrons. The van der Waals surface area contributed by atoms with Crippen LogP contribution in [0.4, 0.5) is 5.69 Å². The Morgan fingerprint density at radius 2 is 1.91 bits per heavy atom. The van der Waals surface area contributed by atoms with Gasteiger partial charge in [0.15, 0.2) is 0 Å². The van der Waals surface area contributed by atoms with E-state index < -0.39 is 0 Å². The van der Waals surface area contributed by atoms with Crippen LogP contribution in [0, 0.1) is 6.92 Å². The molecule has 0 unspecified atom stereocenters. The van der Waals surface area contributed by atoms with Gasteiger partial charge in [0.1, 0.15) is 0 Å². The second kappa shape index (κ2) is 8.71. The summed E-state index contributed by atoms with van der Waals surface area (Å²) in [7, 11) is 0. The molecule has 0 aliphatic rings. The molecule has 2 rings (SSSR count). The van der Waals surface area contributed by atoms with E-state index in [9.17, 15) is 4.79 Å². The van der Waals surface area contributed by atoms with Crippen LogP contribution in [0.3, 0.4) is 0 Å². The van der Waals surface area contributed by atoms with Gasteiger partial charge in [-0.15, -0.1) is 0 Å². The predicted molar refractivity (Wildman–Crippen MR) is 95.1 cm³/mol. The molecule has 22 heavy (non-hydrogen) atoms. The van der Waals surface area contributed by atoms with Crippen molar-refractivity contribution >= 4 is 27.5 Å². The maximum atomic E-state index is 11.9. The molecule has 0 fully saturated rings. The normalized spacial score (nSPS) is 10.5. The third-order valence-electron chi connectivity index (χ3n) is 3.40. The average molecular weight is 361 g/mol. The second-order valence-corrected chi connectivity index (χ2v) is 6.13. The van der Waals surface area contributed by atoms with Gasteiger partial charge in [-0.2, -0.15) is 0 Å². The SMILES string of the molecule is Cc1ccc(NC(=O)CNCCCc2ccccc2)cc1Br. The van der Waals surface area contributed by atoms with Gasteiger partial charge in [-0.05, 0) is 49.6 Å². The van der Waals surface area contributed by atoms with Crippen LogP contribution in [0.1, 0.15) is 17.5 Å². The molecule has 0 spiro atoms. The Morgan fingerprint density at radius 1 is 1.14 bits per heavy atom. The van der Waals surface area contributed by atoms with Crippen LogP contribution >= 0.6 is 15.9 Å². The quantitative estimate of drug-likeness (QED) is 0.734. The fourth-order valence-electron chi connectivity index (χ4n) is 2.14. The van der Waals surface area contributed by atoms with Gasteiger partial charge < -0.3 is 10.6 Å². The topological polar surface area (TPSA) is 41.1 Å². The van der Waals surface area contributed by atoms with Crippen LogP contribution in [0.2, 0.25) is 0 Å². The number of carbonyl (C=O) groups is 1. The number of benzene rings is 2. The molecule has 2 aromatic rings. The lowest BCUT2D eigenvalue weighted by Crippen LogP contribution is -2.28. The summed E-state index contributed by atoms with van der Waals surface area (Å²) in [5, 5.41) is 6.07. The number of anilines is 1. The van der Waals surface area contributed by atoms with Gasteiger partial charge in [-0.3, -0.25) is 4.79 Å². The Labute approximate surface area is 140 Å². The van der Waals surface area contributed by atoms with Crippen molar-refractivity contribution in [3.63, 3.8) is 0 Å². The van der Waals surface area contributed by atoms with Crippen LogP contribution in [0.5, 0.6) is 0 Å². The minimum absolute atomic E-state index is 0.0181. The molecule has 0 saturated heterocycles. The first-order chi connectivity index (χ1) is 10.6. The second-order valence-electron chi connectivity index (χ2n) is 5.28. The van der Waals surface area contributed by atoms with Crippen molar-refractivity contribution in [3.05, 3.63) is 64.1 Å². The van der Waals surface area contributed by atoms with E-state index in [2.05, 4.69) is 50.8 Å². The van der Waals surface area contributed by atoms with Gasteiger partial charge in [0, 0.05) is 10.2 Å². The van der Waals surface area contributed by atoms with E-state index in [0.29, 0.717) is 6.54 Å². The Balaban J connectivity index is 1.64. The van der Waals surface area contributed by atoms with E-state index in [1.165, 1.54) is 5.56 Å². The third kappa shape index (κ3) is 5.62. The lowest BCUT2D eigenvalue weighted by Gasteiger charge is -2.08. The van der Waals surface area contributed by atoms with Gasteiger partial charge in [0.05, 0.1) is 6.54 Å². The summed E-state index contributed by atoms with van der Waals surface area (Å²) < 4.78 is 1.00. The zero-order valence-electron chi connectivity index (χ0n) is 12.7. The lowest BCUT2D eigenvalue weighted by molar-refractivity contribution is -0.115. The van der Waals surface area contributed by atoms with Gasteiger partial charge in [0.25, 0.3) is 0 Å². The Bertz CT molecular complexity index is 614. The van der Waals surface area contributed by atoms with E-state index in [4.69, 9.17) is 0 Å². The number of halogens is 1. The molecule has 0 atom stereocenters.